The smallest absolute Gasteiger partial charge is 0.207 e. The van der Waals surface area contributed by atoms with Crippen molar-refractivity contribution in [2.24, 2.45) is 0 Å². The van der Waals surface area contributed by atoms with Gasteiger partial charge in [0.15, 0.2) is 0 Å². The van der Waals surface area contributed by atoms with Gasteiger partial charge in [-0.05, 0) is 36.2 Å². The molecule has 108 valence electrons. The molecule has 0 aliphatic carbocycles. The van der Waals surface area contributed by atoms with Gasteiger partial charge in [0.05, 0.1) is 16.5 Å². The number of sulfonamides is 1. The quantitative estimate of drug-likeness (QED) is 0.852. The summed E-state index contributed by atoms with van der Waals surface area (Å²) in [6.45, 7) is 0.409. The molecule has 2 rings (SSSR count). The highest BCUT2D eigenvalue weighted by atomic mass is 32.2. The zero-order chi connectivity index (χ0) is 15.3. The lowest BCUT2D eigenvalue weighted by molar-refractivity contribution is 0.472. The summed E-state index contributed by atoms with van der Waals surface area (Å²) in [7, 11) is -1.94. The predicted octanol–water partition coefficient (Wildman–Crippen LogP) is 2.42. The van der Waals surface area contributed by atoms with Crippen molar-refractivity contribution in [3.63, 3.8) is 0 Å². The SMILES string of the molecule is CN(CCc1ccccc1)S(=O)(=O)c1ccc(C#N)cc1. The molecule has 0 aromatic heterocycles. The van der Waals surface area contributed by atoms with E-state index in [0.29, 0.717) is 18.5 Å². The van der Waals surface area contributed by atoms with Crippen LogP contribution in [-0.2, 0) is 16.4 Å². The van der Waals surface area contributed by atoms with E-state index in [-0.39, 0.29) is 4.90 Å². The zero-order valence-electron chi connectivity index (χ0n) is 11.7. The number of nitrogens with zero attached hydrogens (tertiary/aromatic N) is 2. The number of hydrogen-bond acceptors (Lipinski definition) is 3. The Bertz CT molecular complexity index is 732. The van der Waals surface area contributed by atoms with Gasteiger partial charge in [0.1, 0.15) is 0 Å². The van der Waals surface area contributed by atoms with Gasteiger partial charge in [-0.2, -0.15) is 5.26 Å². The lowest BCUT2D eigenvalue weighted by Crippen LogP contribution is -2.29. The number of hydrogen-bond donors (Lipinski definition) is 0. The van der Waals surface area contributed by atoms with E-state index in [2.05, 4.69) is 0 Å². The van der Waals surface area contributed by atoms with Crippen LogP contribution >= 0.6 is 0 Å². The average molecular weight is 300 g/mol. The summed E-state index contributed by atoms with van der Waals surface area (Å²) in [5.74, 6) is 0. The van der Waals surface area contributed by atoms with Gasteiger partial charge in [-0.25, -0.2) is 12.7 Å². The molecule has 0 saturated heterocycles. The van der Waals surface area contributed by atoms with Crippen LogP contribution in [0.5, 0.6) is 0 Å². The van der Waals surface area contributed by atoms with E-state index in [1.54, 1.807) is 7.05 Å². The summed E-state index contributed by atoms with van der Waals surface area (Å²) < 4.78 is 26.1. The van der Waals surface area contributed by atoms with Crippen molar-refractivity contribution in [3.05, 3.63) is 65.7 Å². The van der Waals surface area contributed by atoms with Crippen LogP contribution in [0.25, 0.3) is 0 Å². The normalized spacial score (nSPS) is 11.3. The Morgan fingerprint density at radius 1 is 1.05 bits per heavy atom. The van der Waals surface area contributed by atoms with E-state index in [1.165, 1.54) is 28.6 Å². The van der Waals surface area contributed by atoms with Crippen LogP contribution in [0.2, 0.25) is 0 Å². The van der Waals surface area contributed by atoms with Gasteiger partial charge in [-0.15, -0.1) is 0 Å². The first-order valence-electron chi connectivity index (χ1n) is 6.54. The Hall–Kier alpha value is -2.16. The highest BCUT2D eigenvalue weighted by Crippen LogP contribution is 2.15. The largest absolute Gasteiger partial charge is 0.242 e. The fraction of sp³-hybridized carbons (Fsp3) is 0.188. The molecule has 21 heavy (non-hydrogen) atoms. The summed E-state index contributed by atoms with van der Waals surface area (Å²) in [5.41, 5.74) is 1.54. The van der Waals surface area contributed by atoms with Gasteiger partial charge in [-0.3, -0.25) is 0 Å². The highest BCUT2D eigenvalue weighted by molar-refractivity contribution is 7.89. The van der Waals surface area contributed by atoms with Gasteiger partial charge in [-0.1, -0.05) is 30.3 Å². The van der Waals surface area contributed by atoms with E-state index >= 15 is 0 Å². The second kappa shape index (κ2) is 6.53. The minimum atomic E-state index is -3.51. The van der Waals surface area contributed by atoms with E-state index in [9.17, 15) is 8.42 Å². The molecule has 0 saturated carbocycles. The van der Waals surface area contributed by atoms with E-state index < -0.39 is 10.0 Å². The van der Waals surface area contributed by atoms with Gasteiger partial charge in [0, 0.05) is 13.6 Å². The van der Waals surface area contributed by atoms with Crippen LogP contribution in [0.15, 0.2) is 59.5 Å². The molecule has 2 aromatic carbocycles. The van der Waals surface area contributed by atoms with Crippen LogP contribution in [0.1, 0.15) is 11.1 Å². The van der Waals surface area contributed by atoms with Crippen LogP contribution in [0, 0.1) is 11.3 Å². The van der Waals surface area contributed by atoms with Crippen molar-refractivity contribution in [1.29, 1.82) is 5.26 Å². The molecular weight excluding hydrogens is 284 g/mol. The fourth-order valence-corrected chi connectivity index (χ4v) is 3.10. The van der Waals surface area contributed by atoms with Gasteiger partial charge < -0.3 is 0 Å². The Balaban J connectivity index is 2.09. The summed E-state index contributed by atoms with van der Waals surface area (Å²) in [6, 6.07) is 17.7. The third-order valence-electron chi connectivity index (χ3n) is 3.25. The summed E-state index contributed by atoms with van der Waals surface area (Å²) in [4.78, 5) is 0.206. The Morgan fingerprint density at radius 2 is 1.67 bits per heavy atom. The minimum absolute atomic E-state index is 0.206. The molecule has 0 fully saturated rings. The lowest BCUT2D eigenvalue weighted by atomic mass is 10.2. The molecule has 5 heteroatoms. The Labute approximate surface area is 125 Å². The van der Waals surface area contributed by atoms with Crippen LogP contribution < -0.4 is 0 Å². The first kappa shape index (κ1) is 15.2. The second-order valence-corrected chi connectivity index (χ2v) is 6.74. The second-order valence-electron chi connectivity index (χ2n) is 4.70. The number of nitriles is 1. The molecule has 0 heterocycles. The Kier molecular flexibility index (Phi) is 4.73. The molecule has 0 spiro atoms. The van der Waals surface area contributed by atoms with E-state index in [4.69, 9.17) is 5.26 Å². The van der Waals surface area contributed by atoms with Crippen molar-refractivity contribution in [2.75, 3.05) is 13.6 Å². The fourth-order valence-electron chi connectivity index (χ4n) is 1.93. The van der Waals surface area contributed by atoms with Crippen molar-refractivity contribution >= 4 is 10.0 Å². The molecule has 0 N–H and O–H groups in total. The van der Waals surface area contributed by atoms with Crippen molar-refractivity contribution in [1.82, 2.24) is 4.31 Å². The van der Waals surface area contributed by atoms with Crippen LogP contribution in [0.3, 0.4) is 0 Å². The molecule has 0 radical (unpaired) electrons. The third kappa shape index (κ3) is 3.69. The standard InChI is InChI=1S/C16H16N2O2S/c1-18(12-11-14-5-3-2-4-6-14)21(19,20)16-9-7-15(13-17)8-10-16/h2-10H,11-12H2,1H3. The maximum atomic E-state index is 12.4. The Morgan fingerprint density at radius 3 is 2.24 bits per heavy atom. The van der Waals surface area contributed by atoms with Crippen LogP contribution in [-0.4, -0.2) is 26.3 Å². The molecule has 4 nitrogen and oxygen atoms in total. The van der Waals surface area contributed by atoms with Crippen LogP contribution in [0.4, 0.5) is 0 Å². The zero-order valence-corrected chi connectivity index (χ0v) is 12.5. The van der Waals surface area contributed by atoms with Gasteiger partial charge in [0.2, 0.25) is 10.0 Å². The number of benzene rings is 2. The molecule has 0 bridgehead atoms. The third-order valence-corrected chi connectivity index (χ3v) is 5.12. The average Bonchev–Trinajstić information content (AvgIpc) is 2.53. The first-order valence-corrected chi connectivity index (χ1v) is 7.98. The van der Waals surface area contributed by atoms with E-state index in [1.807, 2.05) is 36.4 Å². The summed E-state index contributed by atoms with van der Waals surface area (Å²) in [5, 5.41) is 8.74. The first-order chi connectivity index (χ1) is 10.0. The monoisotopic (exact) mass is 300 g/mol. The number of likely N-dealkylation sites (N-methyl/N-ethyl adjacent to an activating group) is 1. The molecule has 0 aliphatic heterocycles. The van der Waals surface area contributed by atoms with Gasteiger partial charge >= 0.3 is 0 Å². The van der Waals surface area contributed by atoms with Crippen molar-refractivity contribution in [3.8, 4) is 6.07 Å². The molecule has 0 amide bonds. The molecule has 0 aliphatic rings. The highest BCUT2D eigenvalue weighted by Gasteiger charge is 2.20. The maximum absolute atomic E-state index is 12.4. The molecule has 2 aromatic rings. The minimum Gasteiger partial charge on any atom is -0.207 e. The predicted molar refractivity (Wildman–Crippen MR) is 81.1 cm³/mol. The molecule has 0 atom stereocenters. The van der Waals surface area contributed by atoms with Crippen molar-refractivity contribution in [2.45, 2.75) is 11.3 Å². The number of rotatable bonds is 5. The van der Waals surface area contributed by atoms with Crippen molar-refractivity contribution < 1.29 is 8.42 Å². The lowest BCUT2D eigenvalue weighted by Gasteiger charge is -2.17. The van der Waals surface area contributed by atoms with E-state index in [0.717, 1.165) is 5.56 Å². The van der Waals surface area contributed by atoms with Gasteiger partial charge in [0.25, 0.3) is 0 Å². The molecular formula is C16H16N2O2S. The maximum Gasteiger partial charge on any atom is 0.242 e. The summed E-state index contributed by atoms with van der Waals surface area (Å²) in [6.07, 6.45) is 0.660. The topological polar surface area (TPSA) is 61.2 Å². The molecule has 0 unspecified atom stereocenters. The summed E-state index contributed by atoms with van der Waals surface area (Å²) >= 11 is 0.